The molecule has 2 N–H and O–H groups in total. The van der Waals surface area contributed by atoms with E-state index in [1.807, 2.05) is 7.05 Å². The second-order valence-electron chi connectivity index (χ2n) is 6.17. The summed E-state index contributed by atoms with van der Waals surface area (Å²) in [5.41, 5.74) is 1.18. The Morgan fingerprint density at radius 3 is 2.60 bits per heavy atom. The van der Waals surface area contributed by atoms with E-state index in [2.05, 4.69) is 53.3 Å². The van der Waals surface area contributed by atoms with Crippen LogP contribution in [0.1, 0.15) is 38.7 Å². The van der Waals surface area contributed by atoms with Crippen molar-refractivity contribution in [3.05, 3.63) is 11.9 Å². The summed E-state index contributed by atoms with van der Waals surface area (Å²) in [7, 11) is 4.10. The van der Waals surface area contributed by atoms with Gasteiger partial charge in [0.1, 0.15) is 18.0 Å². The Morgan fingerprint density at radius 2 is 2.00 bits per heavy atom. The molecule has 2 atom stereocenters. The van der Waals surface area contributed by atoms with Gasteiger partial charge in [-0.2, -0.15) is 0 Å². The number of rotatable bonds is 4. The summed E-state index contributed by atoms with van der Waals surface area (Å²) in [5.74, 6) is 2.93. The van der Waals surface area contributed by atoms with Crippen molar-refractivity contribution >= 4 is 11.6 Å². The first-order valence-corrected chi connectivity index (χ1v) is 7.50. The van der Waals surface area contributed by atoms with Crippen molar-refractivity contribution in [3.63, 3.8) is 0 Å². The molecule has 1 fully saturated rings. The van der Waals surface area contributed by atoms with E-state index in [0.29, 0.717) is 17.9 Å². The lowest BCUT2D eigenvalue weighted by Crippen LogP contribution is -2.43. The first kappa shape index (κ1) is 15.0. The molecule has 2 heterocycles. The average molecular weight is 277 g/mol. The summed E-state index contributed by atoms with van der Waals surface area (Å²) in [6.07, 6.45) is 2.80. The highest BCUT2D eigenvalue weighted by Gasteiger charge is 2.26. The maximum absolute atomic E-state index is 4.48. The molecule has 0 aromatic carbocycles. The van der Waals surface area contributed by atoms with Gasteiger partial charge in [0.05, 0.1) is 0 Å². The van der Waals surface area contributed by atoms with E-state index in [4.69, 9.17) is 0 Å². The van der Waals surface area contributed by atoms with Gasteiger partial charge in [0.25, 0.3) is 0 Å². The van der Waals surface area contributed by atoms with Gasteiger partial charge in [0.15, 0.2) is 0 Å². The minimum atomic E-state index is 0.391. The number of anilines is 2. The fourth-order valence-electron chi connectivity index (χ4n) is 3.00. The fourth-order valence-corrected chi connectivity index (χ4v) is 3.00. The van der Waals surface area contributed by atoms with Gasteiger partial charge in [0, 0.05) is 25.2 Å². The molecule has 1 aliphatic heterocycles. The average Bonchev–Trinajstić information content (AvgIpc) is 2.41. The number of likely N-dealkylation sites (tertiary alicyclic amines) is 1. The molecule has 0 amide bonds. The molecule has 0 aliphatic carbocycles. The Hall–Kier alpha value is -1.36. The minimum absolute atomic E-state index is 0.391. The van der Waals surface area contributed by atoms with Gasteiger partial charge in [-0.05, 0) is 31.8 Å². The van der Waals surface area contributed by atoms with Crippen molar-refractivity contribution in [1.82, 2.24) is 14.9 Å². The molecule has 5 heteroatoms. The van der Waals surface area contributed by atoms with Crippen molar-refractivity contribution in [2.75, 3.05) is 37.8 Å². The SMILES string of the molecule is CNc1ncnc(NC2CCN(C)CC2C)c1C(C)C. The number of aromatic nitrogens is 2. The molecule has 20 heavy (non-hydrogen) atoms. The van der Waals surface area contributed by atoms with Gasteiger partial charge >= 0.3 is 0 Å². The van der Waals surface area contributed by atoms with Gasteiger partial charge in [-0.25, -0.2) is 9.97 Å². The molecule has 0 spiro atoms. The van der Waals surface area contributed by atoms with Gasteiger partial charge in [0.2, 0.25) is 0 Å². The van der Waals surface area contributed by atoms with Crippen LogP contribution in [0.5, 0.6) is 0 Å². The number of hydrogen-bond donors (Lipinski definition) is 2. The lowest BCUT2D eigenvalue weighted by molar-refractivity contribution is 0.206. The van der Waals surface area contributed by atoms with Crippen molar-refractivity contribution in [2.45, 2.75) is 39.2 Å². The van der Waals surface area contributed by atoms with Crippen LogP contribution in [0.15, 0.2) is 6.33 Å². The first-order chi connectivity index (χ1) is 9.52. The van der Waals surface area contributed by atoms with Crippen molar-refractivity contribution in [3.8, 4) is 0 Å². The summed E-state index contributed by atoms with van der Waals surface area (Å²) in [6, 6.07) is 0.489. The summed E-state index contributed by atoms with van der Waals surface area (Å²) in [6.45, 7) is 8.95. The Bertz CT molecular complexity index is 446. The van der Waals surface area contributed by atoms with Crippen molar-refractivity contribution in [1.29, 1.82) is 0 Å². The van der Waals surface area contributed by atoms with Crippen LogP contribution in [0.3, 0.4) is 0 Å². The van der Waals surface area contributed by atoms with Crippen LogP contribution in [0.4, 0.5) is 11.6 Å². The van der Waals surface area contributed by atoms with Crippen LogP contribution >= 0.6 is 0 Å². The summed E-state index contributed by atoms with van der Waals surface area (Å²) < 4.78 is 0. The number of piperidine rings is 1. The molecule has 0 bridgehead atoms. The molecule has 2 unspecified atom stereocenters. The molecule has 1 aliphatic rings. The second kappa shape index (κ2) is 6.39. The molecular weight excluding hydrogens is 250 g/mol. The smallest absolute Gasteiger partial charge is 0.135 e. The second-order valence-corrected chi connectivity index (χ2v) is 6.17. The van der Waals surface area contributed by atoms with Crippen LogP contribution in [-0.4, -0.2) is 48.1 Å². The van der Waals surface area contributed by atoms with E-state index in [-0.39, 0.29) is 0 Å². The Balaban J connectivity index is 2.20. The highest BCUT2D eigenvalue weighted by atomic mass is 15.1. The summed E-state index contributed by atoms with van der Waals surface area (Å²) in [5, 5.41) is 6.83. The standard InChI is InChI=1S/C15H27N5/c1-10(2)13-14(16-4)17-9-18-15(13)19-12-6-7-20(5)8-11(12)3/h9-12H,6-8H2,1-5H3,(H2,16,17,18,19). The molecule has 0 saturated carbocycles. The van der Waals surface area contributed by atoms with E-state index in [0.717, 1.165) is 31.1 Å². The summed E-state index contributed by atoms with van der Waals surface area (Å²) >= 11 is 0. The molecule has 5 nitrogen and oxygen atoms in total. The fraction of sp³-hybridized carbons (Fsp3) is 0.733. The lowest BCUT2D eigenvalue weighted by Gasteiger charge is -2.36. The molecule has 1 saturated heterocycles. The molecule has 0 radical (unpaired) electrons. The van der Waals surface area contributed by atoms with Crippen molar-refractivity contribution < 1.29 is 0 Å². The Kier molecular flexibility index (Phi) is 4.81. The van der Waals surface area contributed by atoms with E-state index >= 15 is 0 Å². The third-order valence-electron chi connectivity index (χ3n) is 4.13. The van der Waals surface area contributed by atoms with Gasteiger partial charge in [-0.15, -0.1) is 0 Å². The van der Waals surface area contributed by atoms with Crippen LogP contribution in [0.25, 0.3) is 0 Å². The molecule has 1 aromatic rings. The lowest BCUT2D eigenvalue weighted by atomic mass is 9.93. The van der Waals surface area contributed by atoms with Crippen LogP contribution in [0.2, 0.25) is 0 Å². The maximum Gasteiger partial charge on any atom is 0.135 e. The number of hydrogen-bond acceptors (Lipinski definition) is 5. The van der Waals surface area contributed by atoms with Gasteiger partial charge < -0.3 is 15.5 Å². The molecule has 112 valence electrons. The monoisotopic (exact) mass is 277 g/mol. The topological polar surface area (TPSA) is 53.1 Å². The van der Waals surface area contributed by atoms with Crippen LogP contribution in [-0.2, 0) is 0 Å². The first-order valence-electron chi connectivity index (χ1n) is 7.50. The quantitative estimate of drug-likeness (QED) is 0.885. The zero-order valence-corrected chi connectivity index (χ0v) is 13.3. The zero-order chi connectivity index (χ0) is 14.7. The van der Waals surface area contributed by atoms with E-state index < -0.39 is 0 Å². The van der Waals surface area contributed by atoms with Gasteiger partial charge in [-0.1, -0.05) is 20.8 Å². The highest BCUT2D eigenvalue weighted by Crippen LogP contribution is 2.30. The number of nitrogens with zero attached hydrogens (tertiary/aromatic N) is 3. The third kappa shape index (κ3) is 3.20. The predicted molar refractivity (Wildman–Crippen MR) is 84.4 cm³/mol. The van der Waals surface area contributed by atoms with Crippen LogP contribution < -0.4 is 10.6 Å². The molecule has 2 rings (SSSR count). The number of nitrogens with one attached hydrogen (secondary N) is 2. The predicted octanol–water partition coefficient (Wildman–Crippen LogP) is 2.39. The molecular formula is C15H27N5. The summed E-state index contributed by atoms with van der Waals surface area (Å²) in [4.78, 5) is 11.2. The Labute approximate surface area is 122 Å². The third-order valence-corrected chi connectivity index (χ3v) is 4.13. The normalized spacial score (nSPS) is 23.9. The zero-order valence-electron chi connectivity index (χ0n) is 13.3. The van der Waals surface area contributed by atoms with Crippen LogP contribution in [0, 0.1) is 5.92 Å². The van der Waals surface area contributed by atoms with Gasteiger partial charge in [-0.3, -0.25) is 0 Å². The maximum atomic E-state index is 4.48. The largest absolute Gasteiger partial charge is 0.373 e. The van der Waals surface area contributed by atoms with Crippen molar-refractivity contribution in [2.24, 2.45) is 5.92 Å². The van der Waals surface area contributed by atoms with E-state index in [1.54, 1.807) is 6.33 Å². The minimum Gasteiger partial charge on any atom is -0.373 e. The van der Waals surface area contributed by atoms with E-state index in [9.17, 15) is 0 Å². The van der Waals surface area contributed by atoms with E-state index in [1.165, 1.54) is 5.56 Å². The molecule has 1 aromatic heterocycles. The Morgan fingerprint density at radius 1 is 1.30 bits per heavy atom. The highest BCUT2D eigenvalue weighted by molar-refractivity contribution is 5.59.